The van der Waals surface area contributed by atoms with Crippen LogP contribution < -0.4 is 5.32 Å². The van der Waals surface area contributed by atoms with E-state index in [9.17, 15) is 13.6 Å². The van der Waals surface area contributed by atoms with Crippen LogP contribution in [0.2, 0.25) is 5.02 Å². The third-order valence-corrected chi connectivity index (χ3v) is 3.21. The minimum absolute atomic E-state index is 0.0261. The molecule has 1 rings (SSSR count). The average molecular weight is 292 g/mol. The third kappa shape index (κ3) is 4.44. The summed E-state index contributed by atoms with van der Waals surface area (Å²) in [5, 5.41) is 11.0. The van der Waals surface area contributed by atoms with Gasteiger partial charge in [0.05, 0.1) is 10.6 Å². The van der Waals surface area contributed by atoms with Gasteiger partial charge in [0.2, 0.25) is 0 Å². The zero-order valence-electron chi connectivity index (χ0n) is 10.5. The first-order chi connectivity index (χ1) is 8.99. The molecule has 106 valence electrons. The number of hydrogen-bond acceptors (Lipinski definition) is 2. The number of aliphatic hydroxyl groups excluding tert-OH is 1. The molecule has 1 unspecified atom stereocenters. The van der Waals surface area contributed by atoms with E-state index >= 15 is 0 Å². The lowest BCUT2D eigenvalue weighted by Gasteiger charge is -2.14. The van der Waals surface area contributed by atoms with E-state index < -0.39 is 17.5 Å². The van der Waals surface area contributed by atoms with Crippen LogP contribution in [0.15, 0.2) is 12.1 Å². The average Bonchev–Trinajstić information content (AvgIpc) is 2.38. The maximum absolute atomic E-state index is 13.5. The number of rotatable bonds is 6. The number of carbonyl (C=O) groups is 1. The summed E-state index contributed by atoms with van der Waals surface area (Å²) in [6.07, 6.45) is 1.33. The molecule has 19 heavy (non-hydrogen) atoms. The Morgan fingerprint density at radius 2 is 2.11 bits per heavy atom. The van der Waals surface area contributed by atoms with Crippen molar-refractivity contribution in [1.82, 2.24) is 5.32 Å². The minimum Gasteiger partial charge on any atom is -0.396 e. The summed E-state index contributed by atoms with van der Waals surface area (Å²) in [6, 6.07) is 1.55. The van der Waals surface area contributed by atoms with Crippen LogP contribution in [0.3, 0.4) is 0 Å². The quantitative estimate of drug-likeness (QED) is 0.792. The van der Waals surface area contributed by atoms with Crippen molar-refractivity contribution in [2.24, 2.45) is 5.92 Å². The van der Waals surface area contributed by atoms with Gasteiger partial charge in [-0.15, -0.1) is 0 Å². The standard InChI is InChI=1S/C13H16ClF2NO2/c1-2-8(3-4-18)7-17-13(19)9-5-12(16)10(14)6-11(9)15/h5-6,8,18H,2-4,7H2,1H3,(H,17,19). The van der Waals surface area contributed by atoms with Crippen molar-refractivity contribution in [2.45, 2.75) is 19.8 Å². The number of benzene rings is 1. The van der Waals surface area contributed by atoms with Gasteiger partial charge in [0, 0.05) is 13.2 Å². The van der Waals surface area contributed by atoms with Crippen molar-refractivity contribution in [3.05, 3.63) is 34.4 Å². The summed E-state index contributed by atoms with van der Waals surface area (Å²) in [7, 11) is 0. The number of nitrogens with one attached hydrogen (secondary N) is 1. The van der Waals surface area contributed by atoms with Gasteiger partial charge in [-0.3, -0.25) is 4.79 Å². The van der Waals surface area contributed by atoms with Gasteiger partial charge in [0.25, 0.3) is 5.91 Å². The van der Waals surface area contributed by atoms with Crippen LogP contribution in [0, 0.1) is 17.6 Å². The Hall–Kier alpha value is -1.20. The second kappa shape index (κ2) is 7.40. The minimum atomic E-state index is -0.862. The molecule has 0 fully saturated rings. The highest BCUT2D eigenvalue weighted by Gasteiger charge is 2.16. The summed E-state index contributed by atoms with van der Waals surface area (Å²) in [4.78, 5) is 11.7. The first kappa shape index (κ1) is 15.9. The number of halogens is 3. The second-order valence-electron chi connectivity index (χ2n) is 4.24. The molecule has 6 heteroatoms. The van der Waals surface area contributed by atoms with E-state index in [-0.39, 0.29) is 23.1 Å². The lowest BCUT2D eigenvalue weighted by molar-refractivity contribution is 0.0939. The summed E-state index contributed by atoms with van der Waals surface area (Å²) >= 11 is 5.41. The Morgan fingerprint density at radius 3 is 2.68 bits per heavy atom. The smallest absolute Gasteiger partial charge is 0.254 e. The molecule has 1 aromatic carbocycles. The highest BCUT2D eigenvalue weighted by atomic mass is 35.5. The molecular formula is C13H16ClF2NO2. The molecule has 0 aromatic heterocycles. The van der Waals surface area contributed by atoms with E-state index in [1.54, 1.807) is 0 Å². The van der Waals surface area contributed by atoms with E-state index in [0.29, 0.717) is 13.0 Å². The van der Waals surface area contributed by atoms with Gasteiger partial charge in [0.1, 0.15) is 11.6 Å². The van der Waals surface area contributed by atoms with Gasteiger partial charge in [-0.05, 0) is 24.5 Å². The van der Waals surface area contributed by atoms with Crippen molar-refractivity contribution in [1.29, 1.82) is 0 Å². The molecule has 0 radical (unpaired) electrons. The van der Waals surface area contributed by atoms with E-state index in [4.69, 9.17) is 16.7 Å². The largest absolute Gasteiger partial charge is 0.396 e. The zero-order chi connectivity index (χ0) is 14.4. The van der Waals surface area contributed by atoms with Crippen molar-refractivity contribution < 1.29 is 18.7 Å². The summed E-state index contributed by atoms with van der Waals surface area (Å²) in [5.74, 6) is -2.28. The van der Waals surface area contributed by atoms with Crippen LogP contribution in [-0.4, -0.2) is 24.2 Å². The zero-order valence-corrected chi connectivity index (χ0v) is 11.3. The van der Waals surface area contributed by atoms with Crippen LogP contribution in [-0.2, 0) is 0 Å². The van der Waals surface area contributed by atoms with Crippen molar-refractivity contribution in [2.75, 3.05) is 13.2 Å². The van der Waals surface area contributed by atoms with Gasteiger partial charge in [-0.1, -0.05) is 24.9 Å². The highest BCUT2D eigenvalue weighted by molar-refractivity contribution is 6.30. The number of hydrogen-bond donors (Lipinski definition) is 2. The van der Waals surface area contributed by atoms with E-state index in [2.05, 4.69) is 5.32 Å². The maximum atomic E-state index is 13.5. The molecular weight excluding hydrogens is 276 g/mol. The first-order valence-electron chi connectivity index (χ1n) is 6.03. The van der Waals surface area contributed by atoms with Crippen molar-refractivity contribution in [3.8, 4) is 0 Å². The Kier molecular flexibility index (Phi) is 6.18. The summed E-state index contributed by atoms with van der Waals surface area (Å²) in [5.41, 5.74) is -0.374. The molecule has 0 heterocycles. The van der Waals surface area contributed by atoms with Crippen LogP contribution in [0.1, 0.15) is 30.1 Å². The molecule has 0 saturated heterocycles. The SMILES string of the molecule is CCC(CCO)CNC(=O)c1cc(F)c(Cl)cc1F. The van der Waals surface area contributed by atoms with Gasteiger partial charge in [-0.25, -0.2) is 8.78 Å². The summed E-state index contributed by atoms with van der Waals surface area (Å²) in [6.45, 7) is 2.26. The van der Waals surface area contributed by atoms with E-state index in [1.807, 2.05) is 6.92 Å². The Morgan fingerprint density at radius 1 is 1.42 bits per heavy atom. The lowest BCUT2D eigenvalue weighted by Crippen LogP contribution is -2.30. The van der Waals surface area contributed by atoms with Crippen LogP contribution in [0.4, 0.5) is 8.78 Å². The second-order valence-corrected chi connectivity index (χ2v) is 4.65. The Balaban J connectivity index is 2.70. The van der Waals surface area contributed by atoms with Crippen LogP contribution >= 0.6 is 11.6 Å². The van der Waals surface area contributed by atoms with Gasteiger partial charge in [0.15, 0.2) is 0 Å². The topological polar surface area (TPSA) is 49.3 Å². The Labute approximate surface area is 115 Å². The van der Waals surface area contributed by atoms with Crippen LogP contribution in [0.25, 0.3) is 0 Å². The molecule has 1 amide bonds. The predicted molar refractivity (Wildman–Crippen MR) is 69.2 cm³/mol. The van der Waals surface area contributed by atoms with Crippen molar-refractivity contribution >= 4 is 17.5 Å². The maximum Gasteiger partial charge on any atom is 0.254 e. The highest BCUT2D eigenvalue weighted by Crippen LogP contribution is 2.19. The fraction of sp³-hybridized carbons (Fsp3) is 0.462. The molecule has 1 atom stereocenters. The molecule has 0 spiro atoms. The van der Waals surface area contributed by atoms with Gasteiger partial charge in [-0.2, -0.15) is 0 Å². The molecule has 0 bridgehead atoms. The monoisotopic (exact) mass is 291 g/mol. The molecule has 0 aliphatic heterocycles. The molecule has 1 aromatic rings. The fourth-order valence-electron chi connectivity index (χ4n) is 1.66. The van der Waals surface area contributed by atoms with Crippen molar-refractivity contribution in [3.63, 3.8) is 0 Å². The summed E-state index contributed by atoms with van der Waals surface area (Å²) < 4.78 is 26.7. The molecule has 2 N–H and O–H groups in total. The number of aliphatic hydroxyl groups is 1. The Bertz CT molecular complexity index is 455. The van der Waals surface area contributed by atoms with E-state index in [1.165, 1.54) is 0 Å². The van der Waals surface area contributed by atoms with Crippen LogP contribution in [0.5, 0.6) is 0 Å². The van der Waals surface area contributed by atoms with Gasteiger partial charge >= 0.3 is 0 Å². The molecule has 0 aliphatic carbocycles. The molecule has 0 saturated carbocycles. The van der Waals surface area contributed by atoms with E-state index in [0.717, 1.165) is 18.6 Å². The molecule has 0 aliphatic rings. The lowest BCUT2D eigenvalue weighted by atomic mass is 10.0. The third-order valence-electron chi connectivity index (χ3n) is 2.92. The van der Waals surface area contributed by atoms with Gasteiger partial charge < -0.3 is 10.4 Å². The normalized spacial score (nSPS) is 12.3. The molecule has 3 nitrogen and oxygen atoms in total. The first-order valence-corrected chi connectivity index (χ1v) is 6.41. The number of amides is 1. The number of carbonyl (C=O) groups excluding carboxylic acids is 1. The predicted octanol–water partition coefficient (Wildman–Crippen LogP) is 2.76. The fourth-order valence-corrected chi connectivity index (χ4v) is 1.81.